The molecule has 3 aromatic rings. The van der Waals surface area contributed by atoms with Crippen molar-refractivity contribution in [2.45, 2.75) is 12.6 Å². The number of amides is 1. The molecule has 2 fully saturated rings. The molecular weight excluding hydrogens is 552 g/mol. The van der Waals surface area contributed by atoms with Crippen molar-refractivity contribution in [1.29, 1.82) is 0 Å². The summed E-state index contributed by atoms with van der Waals surface area (Å²) in [4.78, 5) is 30.8. The highest BCUT2D eigenvalue weighted by atomic mass is 16.6. The number of Topliss-reactive ketones (excluding diaryl/α,β-unsaturated/α-hetero) is 1. The van der Waals surface area contributed by atoms with E-state index in [1.807, 2.05) is 30.3 Å². The van der Waals surface area contributed by atoms with E-state index in [1.54, 1.807) is 43.5 Å². The van der Waals surface area contributed by atoms with Gasteiger partial charge in [0.1, 0.15) is 25.6 Å². The number of hydrogen-bond donors (Lipinski definition) is 1. The first-order chi connectivity index (χ1) is 21.0. The van der Waals surface area contributed by atoms with Gasteiger partial charge in [0.25, 0.3) is 11.7 Å². The summed E-state index contributed by atoms with van der Waals surface area (Å²) in [6, 6.07) is 19.2. The minimum Gasteiger partial charge on any atom is -0.507 e. The Bertz CT molecular complexity index is 1520. The SMILES string of the molecule is COc1cc(C2/C(=C(\O)c3ccc4c(c3)OCCO4)C(=O)C(=O)N2CCN2CCOCC2)ccc1OCc1ccccc1. The third-order valence-corrected chi connectivity index (χ3v) is 7.86. The van der Waals surface area contributed by atoms with E-state index in [2.05, 4.69) is 4.90 Å². The Balaban J connectivity index is 1.36. The predicted octanol–water partition coefficient (Wildman–Crippen LogP) is 3.80. The molecule has 10 nitrogen and oxygen atoms in total. The molecule has 3 aromatic carbocycles. The quantitative estimate of drug-likeness (QED) is 0.228. The van der Waals surface area contributed by atoms with Crippen molar-refractivity contribution in [2.75, 3.05) is 59.7 Å². The highest BCUT2D eigenvalue weighted by Crippen LogP contribution is 2.43. The molecule has 1 unspecified atom stereocenters. The maximum atomic E-state index is 13.6. The van der Waals surface area contributed by atoms with Gasteiger partial charge in [-0.3, -0.25) is 14.5 Å². The zero-order valence-corrected chi connectivity index (χ0v) is 24.0. The highest BCUT2D eigenvalue weighted by Gasteiger charge is 2.46. The number of hydrogen-bond acceptors (Lipinski definition) is 9. The number of methoxy groups -OCH3 is 1. The van der Waals surface area contributed by atoms with Crippen molar-refractivity contribution in [3.05, 3.63) is 89.0 Å². The average Bonchev–Trinajstić information content (AvgIpc) is 3.31. The van der Waals surface area contributed by atoms with Crippen molar-refractivity contribution in [2.24, 2.45) is 0 Å². The Hall–Kier alpha value is -4.54. The number of rotatable bonds is 9. The van der Waals surface area contributed by atoms with Gasteiger partial charge in [0.2, 0.25) is 0 Å². The minimum absolute atomic E-state index is 0.00339. The summed E-state index contributed by atoms with van der Waals surface area (Å²) in [6.07, 6.45) is 0. The average molecular weight is 587 g/mol. The Morgan fingerprint density at radius 3 is 2.42 bits per heavy atom. The van der Waals surface area contributed by atoms with Crippen molar-refractivity contribution in [1.82, 2.24) is 9.80 Å². The third kappa shape index (κ3) is 6.02. The van der Waals surface area contributed by atoms with Crippen LogP contribution in [0.4, 0.5) is 0 Å². The first-order valence-electron chi connectivity index (χ1n) is 14.4. The number of aliphatic hydroxyl groups excluding tert-OH is 1. The topological polar surface area (TPSA) is 107 Å². The van der Waals surface area contributed by atoms with Gasteiger partial charge in [-0.05, 0) is 41.5 Å². The Morgan fingerprint density at radius 1 is 0.884 bits per heavy atom. The van der Waals surface area contributed by atoms with Crippen molar-refractivity contribution in [3.63, 3.8) is 0 Å². The number of ketones is 1. The van der Waals surface area contributed by atoms with Gasteiger partial charge in [-0.15, -0.1) is 0 Å². The van der Waals surface area contributed by atoms with Gasteiger partial charge in [0.05, 0.1) is 31.9 Å². The molecular formula is C33H34N2O8. The number of ether oxygens (including phenoxy) is 5. The molecule has 0 spiro atoms. The van der Waals surface area contributed by atoms with Crippen LogP contribution < -0.4 is 18.9 Å². The van der Waals surface area contributed by atoms with E-state index in [0.29, 0.717) is 80.2 Å². The summed E-state index contributed by atoms with van der Waals surface area (Å²) in [5, 5.41) is 11.6. The maximum absolute atomic E-state index is 13.6. The monoisotopic (exact) mass is 586 g/mol. The molecule has 3 aliphatic rings. The van der Waals surface area contributed by atoms with Gasteiger partial charge in [-0.25, -0.2) is 0 Å². The molecule has 0 saturated carbocycles. The number of nitrogens with zero attached hydrogens (tertiary/aromatic N) is 2. The molecule has 0 aromatic heterocycles. The van der Waals surface area contributed by atoms with Crippen LogP contribution in [-0.2, 0) is 20.9 Å². The van der Waals surface area contributed by atoms with Crippen molar-refractivity contribution < 1.29 is 38.4 Å². The van der Waals surface area contributed by atoms with Crippen LogP contribution in [0.25, 0.3) is 5.76 Å². The number of benzene rings is 3. The number of likely N-dealkylation sites (tertiary alicyclic amines) is 1. The van der Waals surface area contributed by atoms with E-state index in [1.165, 1.54) is 4.90 Å². The fourth-order valence-electron chi connectivity index (χ4n) is 5.59. The van der Waals surface area contributed by atoms with Gasteiger partial charge in [-0.1, -0.05) is 36.4 Å². The molecule has 6 rings (SSSR count). The molecule has 0 aliphatic carbocycles. The molecule has 0 bridgehead atoms. The smallest absolute Gasteiger partial charge is 0.295 e. The van der Waals surface area contributed by atoms with Gasteiger partial charge >= 0.3 is 0 Å². The molecule has 3 aliphatic heterocycles. The number of morpholine rings is 1. The van der Waals surface area contributed by atoms with Crippen LogP contribution in [0, 0.1) is 0 Å². The van der Waals surface area contributed by atoms with E-state index in [4.69, 9.17) is 23.7 Å². The molecule has 2 saturated heterocycles. The zero-order valence-electron chi connectivity index (χ0n) is 24.0. The Morgan fingerprint density at radius 2 is 1.65 bits per heavy atom. The van der Waals surface area contributed by atoms with E-state index in [-0.39, 0.29) is 11.3 Å². The second kappa shape index (κ2) is 12.8. The van der Waals surface area contributed by atoms with Crippen LogP contribution in [0.2, 0.25) is 0 Å². The van der Waals surface area contributed by atoms with Gasteiger partial charge in [0, 0.05) is 31.7 Å². The lowest BCUT2D eigenvalue weighted by atomic mass is 9.94. The summed E-state index contributed by atoms with van der Waals surface area (Å²) < 4.78 is 28.5. The molecule has 1 atom stereocenters. The lowest BCUT2D eigenvalue weighted by molar-refractivity contribution is -0.140. The lowest BCUT2D eigenvalue weighted by Crippen LogP contribution is -2.42. The molecule has 1 amide bonds. The summed E-state index contributed by atoms with van der Waals surface area (Å²) in [6.45, 7) is 4.73. The van der Waals surface area contributed by atoms with Gasteiger partial charge in [-0.2, -0.15) is 0 Å². The number of carbonyl (C=O) groups is 2. The van der Waals surface area contributed by atoms with Crippen molar-refractivity contribution in [3.8, 4) is 23.0 Å². The van der Waals surface area contributed by atoms with Gasteiger partial charge in [0.15, 0.2) is 23.0 Å². The summed E-state index contributed by atoms with van der Waals surface area (Å²) in [5.74, 6) is 0.302. The van der Waals surface area contributed by atoms with Crippen LogP contribution in [0.5, 0.6) is 23.0 Å². The molecule has 1 N–H and O–H groups in total. The van der Waals surface area contributed by atoms with Gasteiger partial charge < -0.3 is 33.7 Å². The summed E-state index contributed by atoms with van der Waals surface area (Å²) >= 11 is 0. The van der Waals surface area contributed by atoms with Crippen LogP contribution >= 0.6 is 0 Å². The van der Waals surface area contributed by atoms with Crippen LogP contribution in [0.1, 0.15) is 22.7 Å². The lowest BCUT2D eigenvalue weighted by Gasteiger charge is -2.31. The molecule has 224 valence electrons. The first kappa shape index (κ1) is 28.6. The van der Waals surface area contributed by atoms with Crippen molar-refractivity contribution >= 4 is 17.4 Å². The standard InChI is InChI=1S/C33H34N2O8/c1-39-27-19-23(7-9-25(27)43-21-22-5-3-2-4-6-22)30-29(31(36)24-8-10-26-28(20-24)42-18-17-41-26)32(37)33(38)35(30)12-11-34-13-15-40-16-14-34/h2-10,19-20,30,36H,11-18,21H2,1H3/b31-29+. The molecule has 10 heteroatoms. The third-order valence-electron chi connectivity index (χ3n) is 7.86. The Labute approximate surface area is 250 Å². The number of fused-ring (bicyclic) bond motifs is 1. The van der Waals surface area contributed by atoms with E-state index in [0.717, 1.165) is 18.7 Å². The van der Waals surface area contributed by atoms with E-state index >= 15 is 0 Å². The second-order valence-corrected chi connectivity index (χ2v) is 10.5. The predicted molar refractivity (Wildman–Crippen MR) is 157 cm³/mol. The van der Waals surface area contributed by atoms with E-state index in [9.17, 15) is 14.7 Å². The fourth-order valence-corrected chi connectivity index (χ4v) is 5.59. The van der Waals surface area contributed by atoms with E-state index < -0.39 is 17.7 Å². The zero-order chi connectivity index (χ0) is 29.8. The largest absolute Gasteiger partial charge is 0.507 e. The fraction of sp³-hybridized carbons (Fsp3) is 0.333. The second-order valence-electron chi connectivity index (χ2n) is 10.5. The van der Waals surface area contributed by atoms with Crippen LogP contribution in [0.15, 0.2) is 72.3 Å². The molecule has 3 heterocycles. The number of aliphatic hydroxyl groups is 1. The van der Waals surface area contributed by atoms with Crippen LogP contribution in [-0.4, -0.2) is 86.3 Å². The van der Waals surface area contributed by atoms with Crippen LogP contribution in [0.3, 0.4) is 0 Å². The summed E-state index contributed by atoms with van der Waals surface area (Å²) in [5.41, 5.74) is 1.98. The maximum Gasteiger partial charge on any atom is 0.295 e. The minimum atomic E-state index is -0.841. The Kier molecular flexibility index (Phi) is 8.48. The molecule has 0 radical (unpaired) electrons. The highest BCUT2D eigenvalue weighted by molar-refractivity contribution is 6.46. The number of carbonyl (C=O) groups excluding carboxylic acids is 2. The summed E-state index contributed by atoms with van der Waals surface area (Å²) in [7, 11) is 1.54. The molecule has 43 heavy (non-hydrogen) atoms. The first-order valence-corrected chi connectivity index (χ1v) is 14.4. The normalized spacial score (nSPS) is 19.8.